The third-order valence-corrected chi connectivity index (χ3v) is 4.12. The number of esters is 1. The van der Waals surface area contributed by atoms with Gasteiger partial charge in [-0.25, -0.2) is 4.39 Å². The number of nitrogens with one attached hydrogen (secondary N) is 1. The second kappa shape index (κ2) is 11.5. The Morgan fingerprint density at radius 1 is 1.03 bits per heavy atom. The summed E-state index contributed by atoms with van der Waals surface area (Å²) in [7, 11) is 0. The minimum absolute atomic E-state index is 0.0526. The number of carbonyl (C=O) groups is 2. The van der Waals surface area contributed by atoms with Crippen molar-refractivity contribution >= 4 is 23.3 Å². The summed E-state index contributed by atoms with van der Waals surface area (Å²) >= 11 is 0. The van der Waals surface area contributed by atoms with Gasteiger partial charge in [0, 0.05) is 30.3 Å². The maximum absolute atomic E-state index is 13.0. The van der Waals surface area contributed by atoms with Crippen molar-refractivity contribution in [2.75, 3.05) is 18.5 Å². The lowest BCUT2D eigenvalue weighted by Crippen LogP contribution is -2.12. The van der Waals surface area contributed by atoms with Gasteiger partial charge in [-0.3, -0.25) is 19.7 Å². The fraction of sp³-hybridized carbons (Fsp3) is 0.333. The lowest BCUT2D eigenvalue weighted by Gasteiger charge is -2.10. The Kier molecular flexibility index (Phi) is 8.74. The smallest absolute Gasteiger partial charge is 0.311 e. The Labute approximate surface area is 173 Å². The van der Waals surface area contributed by atoms with E-state index in [4.69, 9.17) is 9.47 Å². The molecule has 2 aromatic rings. The fourth-order valence-electron chi connectivity index (χ4n) is 2.62. The minimum atomic E-state index is -0.556. The zero-order valence-corrected chi connectivity index (χ0v) is 16.6. The molecule has 8 nitrogen and oxygen atoms in total. The number of benzene rings is 2. The second-order valence-electron chi connectivity index (χ2n) is 6.50. The molecule has 2 rings (SSSR count). The quantitative estimate of drug-likeness (QED) is 0.249. The number of amides is 1. The maximum Gasteiger partial charge on any atom is 0.311 e. The molecular formula is C21H23FN2O6. The molecule has 2 aromatic carbocycles. The van der Waals surface area contributed by atoms with E-state index in [1.165, 1.54) is 49.4 Å². The highest BCUT2D eigenvalue weighted by molar-refractivity contribution is 6.04. The third kappa shape index (κ3) is 7.50. The first-order valence-corrected chi connectivity index (χ1v) is 9.48. The number of hydrogen-bond donors (Lipinski definition) is 1. The molecule has 0 aliphatic rings. The van der Waals surface area contributed by atoms with Gasteiger partial charge in [0.25, 0.3) is 5.91 Å². The van der Waals surface area contributed by atoms with Crippen molar-refractivity contribution < 1.29 is 28.4 Å². The summed E-state index contributed by atoms with van der Waals surface area (Å²) in [5, 5.41) is 13.8. The van der Waals surface area contributed by atoms with Crippen LogP contribution in [0.5, 0.6) is 5.75 Å². The minimum Gasteiger partial charge on any atom is -0.487 e. The van der Waals surface area contributed by atoms with E-state index < -0.39 is 16.6 Å². The lowest BCUT2D eigenvalue weighted by atomic mass is 10.2. The molecule has 0 saturated heterocycles. The summed E-state index contributed by atoms with van der Waals surface area (Å²) < 4.78 is 23.4. The van der Waals surface area contributed by atoms with Crippen molar-refractivity contribution in [2.45, 2.75) is 32.6 Å². The van der Waals surface area contributed by atoms with Gasteiger partial charge in [-0.1, -0.05) is 0 Å². The Hall–Kier alpha value is -3.49. The van der Waals surface area contributed by atoms with Crippen LogP contribution in [0.1, 0.15) is 43.0 Å². The summed E-state index contributed by atoms with van der Waals surface area (Å²) in [5.74, 6) is -1.18. The number of ether oxygens (including phenoxy) is 2. The average molecular weight is 418 g/mol. The van der Waals surface area contributed by atoms with Crippen molar-refractivity contribution in [3.8, 4) is 5.75 Å². The van der Waals surface area contributed by atoms with Gasteiger partial charge in [0.2, 0.25) is 0 Å². The number of unbranched alkanes of at least 4 members (excludes halogenated alkanes) is 3. The van der Waals surface area contributed by atoms with Gasteiger partial charge in [0.05, 0.1) is 18.1 Å². The van der Waals surface area contributed by atoms with Gasteiger partial charge in [-0.15, -0.1) is 0 Å². The van der Waals surface area contributed by atoms with Crippen LogP contribution in [0.25, 0.3) is 0 Å². The summed E-state index contributed by atoms with van der Waals surface area (Å²) in [6, 6.07) is 9.08. The summed E-state index contributed by atoms with van der Waals surface area (Å²) in [5.41, 5.74) is 0.377. The molecular weight excluding hydrogens is 395 g/mol. The number of anilines is 1. The van der Waals surface area contributed by atoms with Gasteiger partial charge in [0.15, 0.2) is 5.75 Å². The summed E-state index contributed by atoms with van der Waals surface area (Å²) in [6.45, 7) is 2.00. The Balaban J connectivity index is 1.90. The SMILES string of the molecule is CC(=O)OCCCCCCOc1cc(NC(=O)c2ccc(F)cc2)ccc1[N+](=O)[O-]. The fourth-order valence-corrected chi connectivity index (χ4v) is 2.62. The molecule has 0 saturated carbocycles. The van der Waals surface area contributed by atoms with Crippen LogP contribution in [0.2, 0.25) is 0 Å². The first kappa shape index (κ1) is 22.8. The second-order valence-corrected chi connectivity index (χ2v) is 6.50. The van der Waals surface area contributed by atoms with Crippen LogP contribution in [0.15, 0.2) is 42.5 Å². The number of nitro groups is 1. The highest BCUT2D eigenvalue weighted by Gasteiger charge is 2.17. The van der Waals surface area contributed by atoms with E-state index in [1.54, 1.807) is 0 Å². The zero-order chi connectivity index (χ0) is 21.9. The number of carbonyl (C=O) groups excluding carboxylic acids is 2. The molecule has 30 heavy (non-hydrogen) atoms. The molecule has 0 aromatic heterocycles. The van der Waals surface area contributed by atoms with E-state index in [1.807, 2.05) is 0 Å². The van der Waals surface area contributed by atoms with Crippen molar-refractivity contribution in [3.63, 3.8) is 0 Å². The van der Waals surface area contributed by atoms with Crippen LogP contribution in [-0.4, -0.2) is 30.0 Å². The molecule has 0 fully saturated rings. The van der Waals surface area contributed by atoms with Crippen molar-refractivity contribution in [1.82, 2.24) is 0 Å². The van der Waals surface area contributed by atoms with Crippen LogP contribution in [-0.2, 0) is 9.53 Å². The van der Waals surface area contributed by atoms with Crippen LogP contribution in [0.4, 0.5) is 15.8 Å². The average Bonchev–Trinajstić information content (AvgIpc) is 2.70. The molecule has 0 aliphatic carbocycles. The zero-order valence-electron chi connectivity index (χ0n) is 16.6. The van der Waals surface area contributed by atoms with Crippen LogP contribution < -0.4 is 10.1 Å². The monoisotopic (exact) mass is 418 g/mol. The van der Waals surface area contributed by atoms with E-state index in [0.717, 1.165) is 19.3 Å². The highest BCUT2D eigenvalue weighted by Crippen LogP contribution is 2.30. The Morgan fingerprint density at radius 2 is 1.70 bits per heavy atom. The first-order chi connectivity index (χ1) is 14.4. The Morgan fingerprint density at radius 3 is 2.33 bits per heavy atom. The number of nitro benzene ring substituents is 1. The van der Waals surface area contributed by atoms with Crippen molar-refractivity contribution in [3.05, 3.63) is 64.0 Å². The van der Waals surface area contributed by atoms with Gasteiger partial charge in [0.1, 0.15) is 5.82 Å². The normalized spacial score (nSPS) is 10.3. The Bertz CT molecular complexity index is 886. The predicted octanol–water partition coefficient (Wildman–Crippen LogP) is 4.49. The molecule has 0 radical (unpaired) electrons. The van der Waals surface area contributed by atoms with Gasteiger partial charge in [-0.2, -0.15) is 0 Å². The molecule has 160 valence electrons. The molecule has 0 atom stereocenters. The lowest BCUT2D eigenvalue weighted by molar-refractivity contribution is -0.385. The molecule has 0 unspecified atom stereocenters. The third-order valence-electron chi connectivity index (χ3n) is 4.12. The summed E-state index contributed by atoms with van der Waals surface area (Å²) in [6.07, 6.45) is 3.07. The largest absolute Gasteiger partial charge is 0.487 e. The topological polar surface area (TPSA) is 108 Å². The van der Waals surface area contributed by atoms with Gasteiger partial charge in [-0.05, 0) is 56.0 Å². The number of halogens is 1. The van der Waals surface area contributed by atoms with Gasteiger partial charge < -0.3 is 14.8 Å². The molecule has 0 spiro atoms. The predicted molar refractivity (Wildman–Crippen MR) is 108 cm³/mol. The molecule has 0 aliphatic heterocycles. The molecule has 0 heterocycles. The highest BCUT2D eigenvalue weighted by atomic mass is 19.1. The van der Waals surface area contributed by atoms with E-state index >= 15 is 0 Å². The number of hydrogen-bond acceptors (Lipinski definition) is 6. The van der Waals surface area contributed by atoms with E-state index in [2.05, 4.69) is 5.32 Å². The maximum atomic E-state index is 13.0. The van der Waals surface area contributed by atoms with Crippen LogP contribution in [0.3, 0.4) is 0 Å². The van der Waals surface area contributed by atoms with Gasteiger partial charge >= 0.3 is 11.7 Å². The van der Waals surface area contributed by atoms with Crippen molar-refractivity contribution in [2.24, 2.45) is 0 Å². The van der Waals surface area contributed by atoms with E-state index in [9.17, 15) is 24.1 Å². The van der Waals surface area contributed by atoms with E-state index in [-0.39, 0.29) is 29.6 Å². The molecule has 0 bridgehead atoms. The van der Waals surface area contributed by atoms with Crippen LogP contribution in [0, 0.1) is 15.9 Å². The number of nitrogens with zero attached hydrogens (tertiary/aromatic N) is 1. The first-order valence-electron chi connectivity index (χ1n) is 9.48. The van der Waals surface area contributed by atoms with Crippen molar-refractivity contribution in [1.29, 1.82) is 0 Å². The number of rotatable bonds is 11. The molecule has 1 amide bonds. The van der Waals surface area contributed by atoms with Crippen LogP contribution >= 0.6 is 0 Å². The standard InChI is InChI=1S/C21H23FN2O6/c1-15(25)29-12-4-2-3-5-13-30-20-14-18(10-11-19(20)24(27)28)23-21(26)16-6-8-17(22)9-7-16/h6-11,14H,2-5,12-13H2,1H3,(H,23,26). The molecule has 1 N–H and O–H groups in total. The summed E-state index contributed by atoms with van der Waals surface area (Å²) in [4.78, 5) is 33.6. The van der Waals surface area contributed by atoms with E-state index in [0.29, 0.717) is 18.7 Å². The molecule has 9 heteroatoms.